The van der Waals surface area contributed by atoms with E-state index in [0.29, 0.717) is 0 Å². The van der Waals surface area contributed by atoms with E-state index in [2.05, 4.69) is 111 Å². The fourth-order valence-electron chi connectivity index (χ4n) is 3.81. The first-order valence-electron chi connectivity index (χ1n) is 9.81. The molecule has 4 aromatic rings. The average Bonchev–Trinajstić information content (AvgIpc) is 2.94. The highest BCUT2D eigenvalue weighted by Gasteiger charge is 2.22. The number of para-hydroxylation sites is 1. The Bertz CT molecular complexity index is 1060. The van der Waals surface area contributed by atoms with Crippen LogP contribution in [0.15, 0.2) is 66.7 Å². The van der Waals surface area contributed by atoms with Crippen LogP contribution < -0.4 is 10.4 Å². The average molecular weight is 388 g/mol. The molecule has 0 aliphatic heterocycles. The number of rotatable bonds is 3. The van der Waals surface area contributed by atoms with Crippen LogP contribution in [-0.2, 0) is 0 Å². The minimum Gasteiger partial charge on any atom is -0.309 e. The quantitative estimate of drug-likeness (QED) is 0.387. The number of hydrogen-bond acceptors (Lipinski definition) is 0. The first kappa shape index (κ1) is 18.3. The molecule has 0 aliphatic rings. The molecule has 3 heteroatoms. The van der Waals surface area contributed by atoms with E-state index < -0.39 is 16.1 Å². The summed E-state index contributed by atoms with van der Waals surface area (Å²) < 4.78 is 2.42. The molecular formula is C24H29NSi2. The van der Waals surface area contributed by atoms with Crippen molar-refractivity contribution in [2.24, 2.45) is 0 Å². The molecule has 0 spiro atoms. The van der Waals surface area contributed by atoms with E-state index in [1.807, 2.05) is 0 Å². The second-order valence-corrected chi connectivity index (χ2v) is 19.8. The van der Waals surface area contributed by atoms with E-state index in [0.717, 1.165) is 0 Å². The number of hydrogen-bond donors (Lipinski definition) is 0. The molecule has 0 fully saturated rings. The van der Waals surface area contributed by atoms with Gasteiger partial charge >= 0.3 is 0 Å². The van der Waals surface area contributed by atoms with Crippen LogP contribution in [0.5, 0.6) is 0 Å². The molecular weight excluding hydrogens is 358 g/mol. The van der Waals surface area contributed by atoms with Crippen LogP contribution in [0.25, 0.3) is 27.5 Å². The van der Waals surface area contributed by atoms with Gasteiger partial charge in [0.05, 0.1) is 27.2 Å². The third-order valence-electron chi connectivity index (χ3n) is 5.51. The third kappa shape index (κ3) is 3.19. The van der Waals surface area contributed by atoms with Crippen LogP contribution in [0.1, 0.15) is 0 Å². The number of fused-ring (bicyclic) bond motifs is 3. The molecule has 4 rings (SSSR count). The molecule has 1 heterocycles. The third-order valence-corrected chi connectivity index (χ3v) is 9.60. The lowest BCUT2D eigenvalue weighted by Crippen LogP contribution is -2.37. The lowest BCUT2D eigenvalue weighted by Gasteiger charge is -2.17. The molecule has 0 saturated heterocycles. The summed E-state index contributed by atoms with van der Waals surface area (Å²) in [5, 5.41) is 5.85. The zero-order valence-electron chi connectivity index (χ0n) is 17.3. The number of benzene rings is 3. The maximum Gasteiger partial charge on any atom is 0.0776 e. The Hall–Kier alpha value is -2.11. The van der Waals surface area contributed by atoms with Gasteiger partial charge in [-0.05, 0) is 24.3 Å². The predicted molar refractivity (Wildman–Crippen MR) is 127 cm³/mol. The summed E-state index contributed by atoms with van der Waals surface area (Å²) in [7, 11) is -2.72. The lowest BCUT2D eigenvalue weighted by molar-refractivity contribution is 1.18. The molecule has 1 nitrogen and oxygen atoms in total. The van der Waals surface area contributed by atoms with E-state index in [9.17, 15) is 0 Å². The van der Waals surface area contributed by atoms with Gasteiger partial charge in [-0.3, -0.25) is 0 Å². The van der Waals surface area contributed by atoms with Crippen molar-refractivity contribution >= 4 is 48.3 Å². The highest BCUT2D eigenvalue weighted by molar-refractivity contribution is 6.89. The maximum absolute atomic E-state index is 2.47. The van der Waals surface area contributed by atoms with Gasteiger partial charge in [0.2, 0.25) is 0 Å². The van der Waals surface area contributed by atoms with Crippen molar-refractivity contribution in [2.75, 3.05) is 0 Å². The highest BCUT2D eigenvalue weighted by atomic mass is 28.3. The molecule has 0 aliphatic carbocycles. The SMILES string of the molecule is C[Si](C)(C)c1ccc2c(c1)c1cc([Si](C)(C)C)ccc1n2-c1ccccc1. The van der Waals surface area contributed by atoms with Crippen LogP contribution in [-0.4, -0.2) is 20.7 Å². The number of aromatic nitrogens is 1. The highest BCUT2D eigenvalue weighted by Crippen LogP contribution is 2.31. The monoisotopic (exact) mass is 387 g/mol. The van der Waals surface area contributed by atoms with Gasteiger partial charge in [-0.1, -0.05) is 92.1 Å². The van der Waals surface area contributed by atoms with Gasteiger partial charge in [0.15, 0.2) is 0 Å². The fraction of sp³-hybridized carbons (Fsp3) is 0.250. The molecule has 138 valence electrons. The van der Waals surface area contributed by atoms with Crippen LogP contribution in [0, 0.1) is 0 Å². The first-order chi connectivity index (χ1) is 12.7. The van der Waals surface area contributed by atoms with Gasteiger partial charge in [-0.25, -0.2) is 0 Å². The van der Waals surface area contributed by atoms with E-state index in [1.165, 1.54) is 37.9 Å². The Labute approximate surface area is 164 Å². The van der Waals surface area contributed by atoms with Crippen LogP contribution in [0.4, 0.5) is 0 Å². The van der Waals surface area contributed by atoms with E-state index in [-0.39, 0.29) is 0 Å². The number of nitrogens with zero attached hydrogens (tertiary/aromatic N) is 1. The second-order valence-electron chi connectivity index (χ2n) is 9.63. The molecule has 3 aromatic carbocycles. The molecule has 0 bridgehead atoms. The normalized spacial score (nSPS) is 12.8. The van der Waals surface area contributed by atoms with Crippen molar-refractivity contribution in [3.8, 4) is 5.69 Å². The Morgan fingerprint density at radius 1 is 0.556 bits per heavy atom. The second kappa shape index (κ2) is 6.21. The van der Waals surface area contributed by atoms with Crippen LogP contribution in [0.3, 0.4) is 0 Å². The standard InChI is InChI=1S/C24H29NSi2/c1-26(2,3)19-12-14-23-21(16-19)22-17-20(27(4,5)6)13-15-24(22)25(23)18-10-8-7-9-11-18/h7-17H,1-6H3. The Morgan fingerprint density at radius 2 is 1.00 bits per heavy atom. The van der Waals surface area contributed by atoms with Crippen LogP contribution in [0.2, 0.25) is 39.3 Å². The van der Waals surface area contributed by atoms with Crippen LogP contribution >= 0.6 is 0 Å². The Morgan fingerprint density at radius 3 is 1.41 bits per heavy atom. The van der Waals surface area contributed by atoms with E-state index in [1.54, 1.807) is 0 Å². The van der Waals surface area contributed by atoms with E-state index in [4.69, 9.17) is 0 Å². The van der Waals surface area contributed by atoms with Gasteiger partial charge in [0.1, 0.15) is 0 Å². The van der Waals surface area contributed by atoms with Gasteiger partial charge in [0.25, 0.3) is 0 Å². The topological polar surface area (TPSA) is 4.93 Å². The molecule has 0 saturated carbocycles. The summed E-state index contributed by atoms with van der Waals surface area (Å²) >= 11 is 0. The summed E-state index contributed by atoms with van der Waals surface area (Å²) in [4.78, 5) is 0. The summed E-state index contributed by atoms with van der Waals surface area (Å²) in [5.74, 6) is 0. The molecule has 0 radical (unpaired) electrons. The predicted octanol–water partition coefficient (Wildman–Crippen LogP) is 5.87. The van der Waals surface area contributed by atoms with Crippen molar-refractivity contribution < 1.29 is 0 Å². The minimum atomic E-state index is -1.36. The summed E-state index contributed by atoms with van der Waals surface area (Å²) in [6, 6.07) is 25.1. The fourth-order valence-corrected chi connectivity index (χ4v) is 6.13. The van der Waals surface area contributed by atoms with Gasteiger partial charge in [0, 0.05) is 16.5 Å². The van der Waals surface area contributed by atoms with Crippen molar-refractivity contribution in [2.45, 2.75) is 39.3 Å². The zero-order chi connectivity index (χ0) is 19.4. The van der Waals surface area contributed by atoms with Crippen molar-refractivity contribution in [3.05, 3.63) is 66.7 Å². The van der Waals surface area contributed by atoms with Gasteiger partial charge in [-0.2, -0.15) is 0 Å². The summed E-state index contributed by atoms with van der Waals surface area (Å²) in [6.45, 7) is 14.6. The van der Waals surface area contributed by atoms with Gasteiger partial charge < -0.3 is 4.57 Å². The molecule has 1 aromatic heterocycles. The molecule has 0 amide bonds. The molecule has 27 heavy (non-hydrogen) atoms. The maximum atomic E-state index is 2.47. The van der Waals surface area contributed by atoms with Crippen molar-refractivity contribution in [1.29, 1.82) is 0 Å². The summed E-state index contributed by atoms with van der Waals surface area (Å²) in [5.41, 5.74) is 3.86. The Balaban J connectivity index is 2.13. The van der Waals surface area contributed by atoms with Crippen molar-refractivity contribution in [3.63, 3.8) is 0 Å². The minimum absolute atomic E-state index is 1.24. The molecule has 0 N–H and O–H groups in total. The van der Waals surface area contributed by atoms with Gasteiger partial charge in [-0.15, -0.1) is 0 Å². The summed E-state index contributed by atoms with van der Waals surface area (Å²) in [6.07, 6.45) is 0. The lowest BCUT2D eigenvalue weighted by atomic mass is 10.1. The molecule has 0 unspecified atom stereocenters. The first-order valence-corrected chi connectivity index (χ1v) is 16.8. The smallest absolute Gasteiger partial charge is 0.0776 e. The largest absolute Gasteiger partial charge is 0.309 e. The van der Waals surface area contributed by atoms with E-state index >= 15 is 0 Å². The van der Waals surface area contributed by atoms with Crippen molar-refractivity contribution in [1.82, 2.24) is 4.57 Å². The Kier molecular flexibility index (Phi) is 4.20. The molecule has 0 atom stereocenters. The zero-order valence-corrected chi connectivity index (χ0v) is 19.3.